The van der Waals surface area contributed by atoms with Crippen LogP contribution in [0.25, 0.3) is 0 Å². The van der Waals surface area contributed by atoms with Gasteiger partial charge in [-0.3, -0.25) is 25.2 Å². The second-order valence-electron chi connectivity index (χ2n) is 4.62. The van der Waals surface area contributed by atoms with Gasteiger partial charge in [-0.2, -0.15) is 0 Å². The maximum absolute atomic E-state index is 12.2. The predicted molar refractivity (Wildman–Crippen MR) is 84.7 cm³/mol. The highest BCUT2D eigenvalue weighted by atomic mass is 32.1. The molecule has 1 aromatic carbocycles. The molecule has 0 aliphatic heterocycles. The second kappa shape index (κ2) is 6.86. The number of hydrazine groups is 1. The molecule has 0 radical (unpaired) electrons. The minimum Gasteiger partial charge on any atom is -0.313 e. The van der Waals surface area contributed by atoms with E-state index in [2.05, 4.69) is 16.2 Å². The van der Waals surface area contributed by atoms with Gasteiger partial charge in [0.1, 0.15) is 5.00 Å². The van der Waals surface area contributed by atoms with Gasteiger partial charge in [0.2, 0.25) is 5.91 Å². The van der Waals surface area contributed by atoms with Crippen molar-refractivity contribution in [2.24, 2.45) is 0 Å². The summed E-state index contributed by atoms with van der Waals surface area (Å²) in [5, 5.41) is 4.81. The lowest BCUT2D eigenvalue weighted by Gasteiger charge is -2.08. The van der Waals surface area contributed by atoms with Crippen molar-refractivity contribution in [3.63, 3.8) is 0 Å². The van der Waals surface area contributed by atoms with Crippen LogP contribution in [0.3, 0.4) is 0 Å². The molecule has 6 nitrogen and oxygen atoms in total. The van der Waals surface area contributed by atoms with Crippen molar-refractivity contribution in [1.29, 1.82) is 0 Å². The number of thiophene rings is 1. The van der Waals surface area contributed by atoms with Crippen LogP contribution in [-0.2, 0) is 4.79 Å². The lowest BCUT2D eigenvalue weighted by atomic mass is 10.1. The van der Waals surface area contributed by atoms with Gasteiger partial charge in [-0.15, -0.1) is 11.3 Å². The Morgan fingerprint density at radius 1 is 0.955 bits per heavy atom. The first-order chi connectivity index (χ1) is 10.5. The summed E-state index contributed by atoms with van der Waals surface area (Å²) in [6.07, 6.45) is 0. The number of amides is 3. The van der Waals surface area contributed by atoms with Crippen molar-refractivity contribution < 1.29 is 14.4 Å². The number of hydrogen-bond acceptors (Lipinski definition) is 4. The van der Waals surface area contributed by atoms with Gasteiger partial charge < -0.3 is 5.32 Å². The number of hydrogen-bond donors (Lipinski definition) is 3. The van der Waals surface area contributed by atoms with Crippen molar-refractivity contribution in [1.82, 2.24) is 10.9 Å². The van der Waals surface area contributed by atoms with Crippen molar-refractivity contribution in [3.8, 4) is 0 Å². The lowest BCUT2D eigenvalue weighted by molar-refractivity contribution is -0.119. The summed E-state index contributed by atoms with van der Waals surface area (Å²) >= 11 is 1.23. The Hall–Kier alpha value is -2.67. The minimum absolute atomic E-state index is 0.291. The molecule has 7 heteroatoms. The highest BCUT2D eigenvalue weighted by Crippen LogP contribution is 2.23. The van der Waals surface area contributed by atoms with Gasteiger partial charge in [-0.25, -0.2) is 0 Å². The van der Waals surface area contributed by atoms with Crippen LogP contribution in [0.15, 0.2) is 35.7 Å². The van der Waals surface area contributed by atoms with Gasteiger partial charge in [0.15, 0.2) is 0 Å². The van der Waals surface area contributed by atoms with Gasteiger partial charge in [-0.1, -0.05) is 17.7 Å². The summed E-state index contributed by atoms with van der Waals surface area (Å²) in [5.41, 5.74) is 6.32. The van der Waals surface area contributed by atoms with Gasteiger partial charge in [0, 0.05) is 12.5 Å². The highest BCUT2D eigenvalue weighted by Gasteiger charge is 2.16. The molecule has 2 aromatic rings. The van der Waals surface area contributed by atoms with Gasteiger partial charge in [0.05, 0.1) is 5.56 Å². The maximum atomic E-state index is 12.2. The zero-order valence-electron chi connectivity index (χ0n) is 12.1. The van der Waals surface area contributed by atoms with Crippen LogP contribution < -0.4 is 16.2 Å². The van der Waals surface area contributed by atoms with Crippen LogP contribution in [-0.4, -0.2) is 17.7 Å². The summed E-state index contributed by atoms with van der Waals surface area (Å²) in [7, 11) is 0. The molecule has 114 valence electrons. The monoisotopic (exact) mass is 317 g/mol. The van der Waals surface area contributed by atoms with Crippen molar-refractivity contribution in [2.75, 3.05) is 5.32 Å². The van der Waals surface area contributed by atoms with Crippen LogP contribution >= 0.6 is 11.3 Å². The molecule has 0 bridgehead atoms. The van der Waals surface area contributed by atoms with Crippen molar-refractivity contribution >= 4 is 34.1 Å². The van der Waals surface area contributed by atoms with E-state index in [0.717, 1.165) is 5.56 Å². The fraction of sp³-hybridized carbons (Fsp3) is 0.133. The van der Waals surface area contributed by atoms with E-state index in [-0.39, 0.29) is 11.8 Å². The zero-order chi connectivity index (χ0) is 16.1. The molecule has 0 saturated heterocycles. The average molecular weight is 317 g/mol. The average Bonchev–Trinajstić information content (AvgIpc) is 2.93. The molecule has 22 heavy (non-hydrogen) atoms. The SMILES string of the molecule is CC(=O)NNC(=O)c1ccsc1NC(=O)c1ccc(C)cc1. The molecule has 1 heterocycles. The smallest absolute Gasteiger partial charge is 0.272 e. The van der Waals surface area contributed by atoms with E-state index in [1.165, 1.54) is 18.3 Å². The van der Waals surface area contributed by atoms with Crippen molar-refractivity contribution in [3.05, 3.63) is 52.4 Å². The Balaban J connectivity index is 2.09. The van der Waals surface area contributed by atoms with Gasteiger partial charge in [0.25, 0.3) is 11.8 Å². The molecule has 0 saturated carbocycles. The van der Waals surface area contributed by atoms with Gasteiger partial charge >= 0.3 is 0 Å². The Bertz CT molecular complexity index is 707. The van der Waals surface area contributed by atoms with Crippen molar-refractivity contribution in [2.45, 2.75) is 13.8 Å². The first kappa shape index (κ1) is 15.7. The fourth-order valence-electron chi connectivity index (χ4n) is 1.68. The number of anilines is 1. The van der Waals surface area contributed by atoms with Gasteiger partial charge in [-0.05, 0) is 30.5 Å². The Labute approximate surface area is 131 Å². The molecule has 3 N–H and O–H groups in total. The molecular weight excluding hydrogens is 302 g/mol. The third-order valence-electron chi connectivity index (χ3n) is 2.80. The molecule has 0 spiro atoms. The number of carbonyl (C=O) groups excluding carboxylic acids is 3. The van der Waals surface area contributed by atoms with E-state index in [0.29, 0.717) is 16.1 Å². The molecule has 0 unspecified atom stereocenters. The van der Waals surface area contributed by atoms with E-state index in [1.807, 2.05) is 19.1 Å². The normalized spacial score (nSPS) is 9.91. The topological polar surface area (TPSA) is 87.3 Å². The largest absolute Gasteiger partial charge is 0.313 e. The fourth-order valence-corrected chi connectivity index (χ4v) is 2.46. The molecular formula is C15H15N3O3S. The standard InChI is InChI=1S/C15H15N3O3S/c1-9-3-5-11(6-4-9)13(20)16-15-12(7-8-22-15)14(21)18-17-10(2)19/h3-8H,1-2H3,(H,16,20)(H,17,19)(H,18,21). The summed E-state index contributed by atoms with van der Waals surface area (Å²) in [5.74, 6) is -1.17. The third kappa shape index (κ3) is 3.92. The maximum Gasteiger partial charge on any atom is 0.272 e. The third-order valence-corrected chi connectivity index (χ3v) is 3.63. The summed E-state index contributed by atoms with van der Waals surface area (Å²) in [4.78, 5) is 34.9. The molecule has 1 aromatic heterocycles. The van der Waals surface area contributed by atoms with Crippen LogP contribution in [0.5, 0.6) is 0 Å². The molecule has 0 aliphatic rings. The summed E-state index contributed by atoms with van der Waals surface area (Å²) in [6.45, 7) is 3.22. The summed E-state index contributed by atoms with van der Waals surface area (Å²) < 4.78 is 0. The molecule has 0 aliphatic carbocycles. The van der Waals surface area contributed by atoms with Crippen LogP contribution in [0.2, 0.25) is 0 Å². The number of benzene rings is 1. The zero-order valence-corrected chi connectivity index (χ0v) is 12.9. The number of nitrogens with one attached hydrogen (secondary N) is 3. The first-order valence-electron chi connectivity index (χ1n) is 6.50. The van der Waals surface area contributed by atoms with Crippen LogP contribution in [0.1, 0.15) is 33.2 Å². The number of aryl methyl sites for hydroxylation is 1. The Morgan fingerprint density at radius 2 is 1.64 bits per heavy atom. The molecule has 0 fully saturated rings. The van der Waals surface area contributed by atoms with E-state index in [4.69, 9.17) is 0 Å². The highest BCUT2D eigenvalue weighted by molar-refractivity contribution is 7.14. The molecule has 3 amide bonds. The Morgan fingerprint density at radius 3 is 2.27 bits per heavy atom. The first-order valence-corrected chi connectivity index (χ1v) is 7.38. The molecule has 0 atom stereocenters. The Kier molecular flexibility index (Phi) is 4.90. The second-order valence-corrected chi connectivity index (χ2v) is 5.53. The number of rotatable bonds is 3. The number of carbonyl (C=O) groups is 3. The molecule has 2 rings (SSSR count). The summed E-state index contributed by atoms with van der Waals surface area (Å²) in [6, 6.07) is 8.69. The van der Waals surface area contributed by atoms with E-state index in [9.17, 15) is 14.4 Å². The quantitative estimate of drug-likeness (QED) is 0.758. The van der Waals surface area contributed by atoms with Crippen LogP contribution in [0.4, 0.5) is 5.00 Å². The van der Waals surface area contributed by atoms with Crippen LogP contribution in [0, 0.1) is 6.92 Å². The minimum atomic E-state index is -0.490. The van der Waals surface area contributed by atoms with E-state index < -0.39 is 5.91 Å². The van der Waals surface area contributed by atoms with E-state index >= 15 is 0 Å². The van der Waals surface area contributed by atoms with E-state index in [1.54, 1.807) is 23.6 Å². The lowest BCUT2D eigenvalue weighted by Crippen LogP contribution is -2.40. The predicted octanol–water partition coefficient (Wildman–Crippen LogP) is 2.09.